The molecule has 1 rings (SSSR count). The number of aryl methyl sites for hydroxylation is 1. The van der Waals surface area contributed by atoms with Gasteiger partial charge in [-0.1, -0.05) is 45.9 Å². The average Bonchev–Trinajstić information content (AvgIpc) is 2.34. The van der Waals surface area contributed by atoms with Crippen LogP contribution in [0.15, 0.2) is 24.3 Å². The molecule has 0 saturated carbocycles. The molecule has 0 radical (unpaired) electrons. The lowest BCUT2D eigenvalue weighted by molar-refractivity contribution is -0.137. The topological polar surface area (TPSA) is 20.2 Å². The van der Waals surface area contributed by atoms with E-state index in [2.05, 4.69) is 0 Å². The maximum Gasteiger partial charge on any atom is 0.416 e. The summed E-state index contributed by atoms with van der Waals surface area (Å²) >= 11 is 0. The second kappa shape index (κ2) is 6.31. The molecule has 0 aliphatic heterocycles. The maximum absolute atomic E-state index is 12.7. The lowest BCUT2D eigenvalue weighted by Crippen LogP contribution is -2.41. The van der Waals surface area contributed by atoms with Crippen LogP contribution >= 0.6 is 0 Å². The number of alkyl halides is 3. The fourth-order valence-electron chi connectivity index (χ4n) is 2.49. The van der Waals surface area contributed by atoms with Crippen molar-refractivity contribution in [2.75, 3.05) is 0 Å². The Morgan fingerprint density at radius 1 is 1.10 bits per heavy atom. The van der Waals surface area contributed by atoms with Gasteiger partial charge < -0.3 is 4.80 Å². The van der Waals surface area contributed by atoms with Gasteiger partial charge in [0.15, 0.2) is 8.32 Å². The number of halogens is 3. The third-order valence-electron chi connectivity index (χ3n) is 4.07. The first-order chi connectivity index (χ1) is 9.07. The van der Waals surface area contributed by atoms with Crippen LogP contribution < -0.4 is 0 Å². The van der Waals surface area contributed by atoms with E-state index < -0.39 is 20.1 Å². The maximum atomic E-state index is 12.7. The van der Waals surface area contributed by atoms with E-state index in [9.17, 15) is 18.0 Å². The van der Waals surface area contributed by atoms with Crippen molar-refractivity contribution >= 4 is 8.32 Å². The number of benzene rings is 1. The van der Waals surface area contributed by atoms with Crippen LogP contribution in [-0.2, 0) is 12.6 Å². The minimum absolute atomic E-state index is 0.202. The SMILES string of the molecule is CC(C)[Si](O)(CCc1cccc(C(F)(F)F)c1)C(C)C. The molecule has 0 heterocycles. The van der Waals surface area contributed by atoms with Gasteiger partial charge in [-0.15, -0.1) is 0 Å². The minimum atomic E-state index is -4.31. The van der Waals surface area contributed by atoms with Crippen LogP contribution in [0.4, 0.5) is 13.2 Å². The summed E-state index contributed by atoms with van der Waals surface area (Å²) in [5, 5.41) is 0. The fourth-order valence-corrected chi connectivity index (χ4v) is 5.67. The van der Waals surface area contributed by atoms with Crippen molar-refractivity contribution in [3.05, 3.63) is 35.4 Å². The van der Waals surface area contributed by atoms with E-state index in [4.69, 9.17) is 0 Å². The Balaban J connectivity index is 2.85. The summed E-state index contributed by atoms with van der Waals surface area (Å²) in [6, 6.07) is 6.01. The summed E-state index contributed by atoms with van der Waals surface area (Å²) in [5.74, 6) is 0. The summed E-state index contributed by atoms with van der Waals surface area (Å²) < 4.78 is 38.0. The molecule has 0 spiro atoms. The van der Waals surface area contributed by atoms with Crippen molar-refractivity contribution in [1.29, 1.82) is 0 Å². The van der Waals surface area contributed by atoms with Gasteiger partial charge in [0.1, 0.15) is 0 Å². The smallest absolute Gasteiger partial charge is 0.416 e. The Morgan fingerprint density at radius 2 is 1.65 bits per heavy atom. The molecular weight excluding hydrogens is 281 g/mol. The highest BCUT2D eigenvalue weighted by atomic mass is 28.4. The highest BCUT2D eigenvalue weighted by molar-refractivity contribution is 6.75. The van der Waals surface area contributed by atoms with E-state index in [1.54, 1.807) is 6.07 Å². The Bertz CT molecular complexity index is 433. The number of rotatable bonds is 5. The van der Waals surface area contributed by atoms with Crippen molar-refractivity contribution in [1.82, 2.24) is 0 Å². The zero-order chi connectivity index (χ0) is 15.6. The number of hydrogen-bond donors (Lipinski definition) is 1. The fraction of sp³-hybridized carbons (Fsp3) is 0.600. The van der Waals surface area contributed by atoms with Gasteiger partial charge in [-0.05, 0) is 35.2 Å². The van der Waals surface area contributed by atoms with Gasteiger partial charge in [0.2, 0.25) is 0 Å². The van der Waals surface area contributed by atoms with Crippen LogP contribution in [0, 0.1) is 0 Å². The average molecular weight is 304 g/mol. The minimum Gasteiger partial charge on any atom is -0.431 e. The highest BCUT2D eigenvalue weighted by Gasteiger charge is 2.38. The Morgan fingerprint density at radius 3 is 2.10 bits per heavy atom. The molecule has 0 aliphatic rings. The van der Waals surface area contributed by atoms with Gasteiger partial charge in [-0.3, -0.25) is 0 Å². The molecule has 0 amide bonds. The van der Waals surface area contributed by atoms with Crippen LogP contribution in [0.25, 0.3) is 0 Å². The third-order valence-corrected chi connectivity index (χ3v) is 9.12. The monoisotopic (exact) mass is 304 g/mol. The van der Waals surface area contributed by atoms with Crippen molar-refractivity contribution in [3.8, 4) is 0 Å². The third kappa shape index (κ3) is 4.09. The molecule has 1 aromatic rings. The van der Waals surface area contributed by atoms with Gasteiger partial charge >= 0.3 is 6.18 Å². The number of hydrogen-bond acceptors (Lipinski definition) is 1. The van der Waals surface area contributed by atoms with Crippen LogP contribution in [0.2, 0.25) is 17.1 Å². The van der Waals surface area contributed by atoms with E-state index in [1.165, 1.54) is 12.1 Å². The molecule has 1 nitrogen and oxygen atoms in total. The van der Waals surface area contributed by atoms with Gasteiger partial charge in [0.25, 0.3) is 0 Å². The second-order valence-corrected chi connectivity index (χ2v) is 10.8. The largest absolute Gasteiger partial charge is 0.431 e. The molecule has 0 aliphatic carbocycles. The van der Waals surface area contributed by atoms with E-state index in [1.807, 2.05) is 27.7 Å². The first kappa shape index (κ1) is 17.2. The molecule has 1 N–H and O–H groups in total. The summed E-state index contributed by atoms with van der Waals surface area (Å²) in [6.07, 6.45) is -3.80. The molecule has 0 bridgehead atoms. The lowest BCUT2D eigenvalue weighted by Gasteiger charge is -2.33. The predicted molar refractivity (Wildman–Crippen MR) is 78.1 cm³/mol. The molecule has 114 valence electrons. The zero-order valence-electron chi connectivity index (χ0n) is 12.5. The van der Waals surface area contributed by atoms with E-state index in [-0.39, 0.29) is 11.1 Å². The second-order valence-electron chi connectivity index (χ2n) is 6.00. The molecule has 1 aromatic carbocycles. The van der Waals surface area contributed by atoms with Crippen molar-refractivity contribution in [2.45, 2.75) is 57.4 Å². The standard InChI is InChI=1S/C15H23F3OSi/c1-11(2)20(19,12(3)4)9-8-13-6-5-7-14(10-13)15(16,17)18/h5-7,10-12,19H,8-9H2,1-4H3. The first-order valence-electron chi connectivity index (χ1n) is 6.96. The van der Waals surface area contributed by atoms with Gasteiger partial charge in [-0.2, -0.15) is 13.2 Å². The molecule has 0 unspecified atom stereocenters. The van der Waals surface area contributed by atoms with E-state index >= 15 is 0 Å². The molecule has 0 saturated heterocycles. The Labute approximate surface area is 120 Å². The highest BCUT2D eigenvalue weighted by Crippen LogP contribution is 2.35. The molecule has 0 atom stereocenters. The predicted octanol–water partition coefficient (Wildman–Crippen LogP) is 5.01. The zero-order valence-corrected chi connectivity index (χ0v) is 13.5. The van der Waals surface area contributed by atoms with Crippen LogP contribution in [-0.4, -0.2) is 13.1 Å². The van der Waals surface area contributed by atoms with Crippen molar-refractivity contribution < 1.29 is 18.0 Å². The lowest BCUT2D eigenvalue weighted by atomic mass is 10.1. The molecular formula is C15H23F3OSi. The normalized spacial score (nSPS) is 13.3. The Kier molecular flexibility index (Phi) is 5.44. The van der Waals surface area contributed by atoms with Crippen molar-refractivity contribution in [3.63, 3.8) is 0 Å². The summed E-state index contributed by atoms with van der Waals surface area (Å²) in [6.45, 7) is 7.99. The van der Waals surface area contributed by atoms with E-state index in [0.717, 1.165) is 6.07 Å². The first-order valence-corrected chi connectivity index (χ1v) is 9.26. The van der Waals surface area contributed by atoms with Gasteiger partial charge in [0, 0.05) is 0 Å². The molecule has 0 aromatic heterocycles. The molecule has 0 fully saturated rings. The van der Waals surface area contributed by atoms with Gasteiger partial charge in [0.05, 0.1) is 5.56 Å². The van der Waals surface area contributed by atoms with Crippen molar-refractivity contribution in [2.24, 2.45) is 0 Å². The quantitative estimate of drug-likeness (QED) is 0.758. The van der Waals surface area contributed by atoms with Crippen LogP contribution in [0.1, 0.15) is 38.8 Å². The molecule has 20 heavy (non-hydrogen) atoms. The van der Waals surface area contributed by atoms with E-state index in [0.29, 0.717) is 18.0 Å². The van der Waals surface area contributed by atoms with Crippen LogP contribution in [0.3, 0.4) is 0 Å². The Hall–Kier alpha value is -0.813. The summed E-state index contributed by atoms with van der Waals surface area (Å²) in [5.41, 5.74) is 0.433. The summed E-state index contributed by atoms with van der Waals surface area (Å²) in [7, 11) is -2.43. The molecule has 5 heteroatoms. The summed E-state index contributed by atoms with van der Waals surface area (Å²) in [4.78, 5) is 10.8. The van der Waals surface area contributed by atoms with Gasteiger partial charge in [-0.25, -0.2) is 0 Å². The van der Waals surface area contributed by atoms with Crippen LogP contribution in [0.5, 0.6) is 0 Å².